The van der Waals surface area contributed by atoms with Gasteiger partial charge in [0.25, 0.3) is 5.91 Å². The highest BCUT2D eigenvalue weighted by Crippen LogP contribution is 2.68. The first-order valence-electron chi connectivity index (χ1n) is 14.6. The standard InChI is InChI=1S/C33H37BrClN3O4S/c1-4-16-36(19-21-12-8-7-9-13-21)30(40)26-27-31(41)38(22(6-3)20-39)29(33(27)18-23(34)28(26)43-33)32(42)37(17-5-2)25-15-11-10-14-24(25)35/h4-5,7-15,22-23,26-29,39H,1-2,6,16-20H2,3H3/t22-,23?,26+,27-,28+,29?,33?/m0/s1. The van der Waals surface area contributed by atoms with Gasteiger partial charge in [-0.05, 0) is 30.5 Å². The molecular formula is C33H37BrClN3O4S. The average molecular weight is 687 g/mol. The van der Waals surface area contributed by atoms with Crippen LogP contribution in [0.15, 0.2) is 79.9 Å². The van der Waals surface area contributed by atoms with E-state index in [2.05, 4.69) is 29.1 Å². The van der Waals surface area contributed by atoms with Gasteiger partial charge in [-0.15, -0.1) is 24.9 Å². The number of para-hydroxylation sites is 1. The smallest absolute Gasteiger partial charge is 0.251 e. The Bertz CT molecular complexity index is 1390. The zero-order valence-electron chi connectivity index (χ0n) is 24.1. The van der Waals surface area contributed by atoms with E-state index in [-0.39, 0.29) is 41.0 Å². The predicted molar refractivity (Wildman–Crippen MR) is 176 cm³/mol. The van der Waals surface area contributed by atoms with Crippen molar-refractivity contribution in [2.45, 2.75) is 53.2 Å². The van der Waals surface area contributed by atoms with Gasteiger partial charge in [0.2, 0.25) is 11.8 Å². The molecule has 3 aliphatic heterocycles. The summed E-state index contributed by atoms with van der Waals surface area (Å²) >= 11 is 12.0. The number of alkyl halides is 1. The van der Waals surface area contributed by atoms with E-state index in [4.69, 9.17) is 11.6 Å². The van der Waals surface area contributed by atoms with Gasteiger partial charge in [0.15, 0.2) is 0 Å². The third-order valence-electron chi connectivity index (χ3n) is 8.92. The summed E-state index contributed by atoms with van der Waals surface area (Å²) in [5.74, 6) is -2.00. The maximum atomic E-state index is 14.8. The van der Waals surface area contributed by atoms with Crippen molar-refractivity contribution in [1.29, 1.82) is 0 Å². The summed E-state index contributed by atoms with van der Waals surface area (Å²) in [5.41, 5.74) is 1.51. The molecule has 3 unspecified atom stereocenters. The Morgan fingerprint density at radius 2 is 1.81 bits per heavy atom. The van der Waals surface area contributed by atoms with Crippen LogP contribution in [0.4, 0.5) is 5.69 Å². The van der Waals surface area contributed by atoms with Crippen LogP contribution in [0.1, 0.15) is 25.3 Å². The van der Waals surface area contributed by atoms with Crippen molar-refractivity contribution < 1.29 is 19.5 Å². The van der Waals surface area contributed by atoms with E-state index in [1.165, 1.54) is 0 Å². The summed E-state index contributed by atoms with van der Waals surface area (Å²) in [7, 11) is 0. The average Bonchev–Trinajstić information content (AvgIpc) is 3.60. The van der Waals surface area contributed by atoms with Crippen LogP contribution in [0, 0.1) is 11.8 Å². The van der Waals surface area contributed by atoms with E-state index < -0.39 is 28.7 Å². The maximum Gasteiger partial charge on any atom is 0.251 e. The molecule has 7 atom stereocenters. The number of carbonyl (C=O) groups excluding carboxylic acids is 3. The van der Waals surface area contributed by atoms with Crippen LogP contribution >= 0.6 is 39.3 Å². The van der Waals surface area contributed by atoms with Crippen LogP contribution in [-0.2, 0) is 20.9 Å². The Labute approximate surface area is 271 Å². The quantitative estimate of drug-likeness (QED) is 0.242. The zero-order valence-corrected chi connectivity index (χ0v) is 27.3. The Hall–Kier alpha value is -2.59. The van der Waals surface area contributed by atoms with Crippen LogP contribution in [0.3, 0.4) is 0 Å². The lowest BCUT2D eigenvalue weighted by atomic mass is 9.70. The largest absolute Gasteiger partial charge is 0.394 e. The van der Waals surface area contributed by atoms with Gasteiger partial charge in [0, 0.05) is 29.7 Å². The summed E-state index contributed by atoms with van der Waals surface area (Å²) in [6.07, 6.45) is 4.34. The van der Waals surface area contributed by atoms with Gasteiger partial charge in [-0.25, -0.2) is 0 Å². The molecule has 2 aromatic rings. The molecule has 3 saturated heterocycles. The van der Waals surface area contributed by atoms with Crippen molar-refractivity contribution in [2.75, 3.05) is 24.6 Å². The maximum absolute atomic E-state index is 14.8. The molecule has 228 valence electrons. The second-order valence-corrected chi connectivity index (χ2v) is 14.5. The fourth-order valence-electron chi connectivity index (χ4n) is 7.09. The molecule has 5 rings (SSSR count). The minimum absolute atomic E-state index is 0.0737. The monoisotopic (exact) mass is 685 g/mol. The Balaban J connectivity index is 1.59. The van der Waals surface area contributed by atoms with Gasteiger partial charge in [-0.2, -0.15) is 0 Å². The topological polar surface area (TPSA) is 81.2 Å². The van der Waals surface area contributed by atoms with Crippen molar-refractivity contribution in [2.24, 2.45) is 11.8 Å². The third kappa shape index (κ3) is 5.47. The Kier molecular flexibility index (Phi) is 9.76. The zero-order chi connectivity index (χ0) is 30.9. The molecule has 2 aromatic carbocycles. The van der Waals surface area contributed by atoms with Gasteiger partial charge < -0.3 is 19.8 Å². The number of hydrogen-bond acceptors (Lipinski definition) is 5. The van der Waals surface area contributed by atoms with Gasteiger partial charge in [-0.3, -0.25) is 14.4 Å². The van der Waals surface area contributed by atoms with Crippen LogP contribution in [0.25, 0.3) is 0 Å². The summed E-state index contributed by atoms with van der Waals surface area (Å²) in [5, 5.41) is 10.6. The number of halogens is 2. The van der Waals surface area contributed by atoms with Crippen LogP contribution in [0.2, 0.25) is 5.02 Å². The number of carbonyl (C=O) groups is 3. The summed E-state index contributed by atoms with van der Waals surface area (Å²) in [4.78, 5) is 48.6. The molecule has 0 saturated carbocycles. The van der Waals surface area contributed by atoms with E-state index in [1.54, 1.807) is 56.8 Å². The van der Waals surface area contributed by atoms with E-state index in [9.17, 15) is 19.5 Å². The number of benzene rings is 2. The SMILES string of the molecule is C=CCN(Cc1ccccc1)C(=O)[C@H]1[C@@H]2SC3(CC2Br)C(C(=O)N(CC=C)c2ccccc2Cl)N([C@@H](CC)CO)C(=O)[C@H]13. The van der Waals surface area contributed by atoms with E-state index in [0.717, 1.165) is 5.56 Å². The second-order valence-electron chi connectivity index (χ2n) is 11.3. The fourth-order valence-corrected chi connectivity index (χ4v) is 10.9. The van der Waals surface area contributed by atoms with E-state index in [1.807, 2.05) is 43.3 Å². The van der Waals surface area contributed by atoms with Gasteiger partial charge >= 0.3 is 0 Å². The molecule has 43 heavy (non-hydrogen) atoms. The second kappa shape index (κ2) is 13.2. The third-order valence-corrected chi connectivity index (χ3v) is 12.5. The Morgan fingerprint density at radius 1 is 1.14 bits per heavy atom. The lowest BCUT2D eigenvalue weighted by Gasteiger charge is -2.40. The van der Waals surface area contributed by atoms with Gasteiger partial charge in [0.05, 0.1) is 39.9 Å². The first-order chi connectivity index (χ1) is 20.7. The highest BCUT2D eigenvalue weighted by atomic mass is 79.9. The molecule has 10 heteroatoms. The number of fused-ring (bicyclic) bond motifs is 1. The highest BCUT2D eigenvalue weighted by Gasteiger charge is 2.76. The molecular weight excluding hydrogens is 650 g/mol. The molecule has 3 heterocycles. The van der Waals surface area contributed by atoms with Crippen molar-refractivity contribution >= 4 is 62.7 Å². The predicted octanol–water partition coefficient (Wildman–Crippen LogP) is 5.31. The van der Waals surface area contributed by atoms with Crippen LogP contribution in [0.5, 0.6) is 0 Å². The minimum Gasteiger partial charge on any atom is -0.394 e. The number of thioether (sulfide) groups is 1. The first kappa shape index (κ1) is 31.8. The lowest BCUT2D eigenvalue weighted by molar-refractivity contribution is -0.145. The molecule has 3 aliphatic rings. The summed E-state index contributed by atoms with van der Waals surface area (Å²) < 4.78 is -0.858. The van der Waals surface area contributed by atoms with E-state index >= 15 is 0 Å². The summed E-state index contributed by atoms with van der Waals surface area (Å²) in [6.45, 7) is 10.3. The molecule has 2 bridgehead atoms. The van der Waals surface area contributed by atoms with Gasteiger partial charge in [-0.1, -0.05) is 89.1 Å². The van der Waals surface area contributed by atoms with Crippen LogP contribution < -0.4 is 4.90 Å². The number of anilines is 1. The molecule has 0 aromatic heterocycles. The van der Waals surface area contributed by atoms with Crippen molar-refractivity contribution in [3.8, 4) is 0 Å². The highest BCUT2D eigenvalue weighted by molar-refractivity contribution is 9.09. The van der Waals surface area contributed by atoms with E-state index in [0.29, 0.717) is 36.6 Å². The normalized spacial score (nSPS) is 28.0. The molecule has 1 N–H and O–H groups in total. The number of rotatable bonds is 12. The first-order valence-corrected chi connectivity index (χ1v) is 16.8. The molecule has 3 fully saturated rings. The number of hydrogen-bond donors (Lipinski definition) is 1. The van der Waals surface area contributed by atoms with Crippen molar-refractivity contribution in [3.05, 3.63) is 90.5 Å². The van der Waals surface area contributed by atoms with Crippen LogP contribution in [-0.4, -0.2) is 79.2 Å². The number of likely N-dealkylation sites (tertiary alicyclic amines) is 1. The number of amides is 3. The molecule has 7 nitrogen and oxygen atoms in total. The molecule has 0 aliphatic carbocycles. The minimum atomic E-state index is -0.895. The van der Waals surface area contributed by atoms with Crippen molar-refractivity contribution in [1.82, 2.24) is 9.80 Å². The number of aliphatic hydroxyl groups excluding tert-OH is 1. The van der Waals surface area contributed by atoms with Gasteiger partial charge in [0.1, 0.15) is 6.04 Å². The Morgan fingerprint density at radius 3 is 2.44 bits per heavy atom. The molecule has 3 amide bonds. The van der Waals surface area contributed by atoms with Crippen molar-refractivity contribution in [3.63, 3.8) is 0 Å². The number of nitrogens with zero attached hydrogens (tertiary/aromatic N) is 3. The summed E-state index contributed by atoms with van der Waals surface area (Å²) in [6, 6.07) is 15.4. The molecule has 1 spiro atoms. The fraction of sp³-hybridized carbons (Fsp3) is 0.424. The molecule has 0 radical (unpaired) electrons. The number of aliphatic hydroxyl groups is 1. The lowest BCUT2D eigenvalue weighted by Crippen LogP contribution is -2.58.